The number of aromatic hydroxyl groups is 1. The van der Waals surface area contributed by atoms with Crippen LogP contribution in [0.1, 0.15) is 48.0 Å². The first-order chi connectivity index (χ1) is 16.8. The minimum absolute atomic E-state index is 0.0431. The molecule has 9 heteroatoms. The summed E-state index contributed by atoms with van der Waals surface area (Å²) in [4.78, 5) is 19.1. The summed E-state index contributed by atoms with van der Waals surface area (Å²) in [5, 5.41) is 10.8. The number of hydrogen-bond donors (Lipinski definition) is 1. The van der Waals surface area contributed by atoms with E-state index in [-0.39, 0.29) is 51.4 Å². The molecule has 2 heterocycles. The van der Waals surface area contributed by atoms with Crippen LogP contribution in [-0.4, -0.2) is 65.1 Å². The highest BCUT2D eigenvalue weighted by Crippen LogP contribution is 2.46. The van der Waals surface area contributed by atoms with Crippen LogP contribution in [0.5, 0.6) is 17.2 Å². The molecule has 0 aliphatic carbocycles. The van der Waals surface area contributed by atoms with Crippen LogP contribution in [-0.2, 0) is 0 Å². The Labute approximate surface area is 208 Å². The number of Topliss-reactive ketones (excluding diaryl/α,β-unsaturated/α-hetero) is 1. The van der Waals surface area contributed by atoms with Crippen LogP contribution in [0, 0.1) is 12.7 Å². The number of phenols is 1. The van der Waals surface area contributed by atoms with E-state index in [1.54, 1.807) is 19.1 Å². The van der Waals surface area contributed by atoms with Gasteiger partial charge in [-0.3, -0.25) is 9.69 Å². The SMILES string of the molecule is CC(=O)c1c(OCCN2CCSCC2)c(OCCC(C)c2ccc(F)cc2)c2oc(C)nc2c1O. The minimum atomic E-state index is -0.348. The lowest BCUT2D eigenvalue weighted by Crippen LogP contribution is -2.35. The third-order valence-electron chi connectivity index (χ3n) is 6.18. The zero-order valence-corrected chi connectivity index (χ0v) is 21.1. The third kappa shape index (κ3) is 5.90. The van der Waals surface area contributed by atoms with Crippen molar-refractivity contribution in [3.8, 4) is 17.2 Å². The molecule has 35 heavy (non-hydrogen) atoms. The van der Waals surface area contributed by atoms with Crippen molar-refractivity contribution in [3.63, 3.8) is 0 Å². The second-order valence-electron chi connectivity index (χ2n) is 8.74. The number of phenolic OH excluding ortho intramolecular Hbond substituents is 1. The van der Waals surface area contributed by atoms with Gasteiger partial charge in [0.25, 0.3) is 0 Å². The van der Waals surface area contributed by atoms with Gasteiger partial charge in [-0.1, -0.05) is 19.1 Å². The average Bonchev–Trinajstić information content (AvgIpc) is 3.23. The van der Waals surface area contributed by atoms with Gasteiger partial charge in [0.15, 0.2) is 28.7 Å². The maximum absolute atomic E-state index is 13.3. The number of fused-ring (bicyclic) bond motifs is 1. The van der Waals surface area contributed by atoms with Gasteiger partial charge in [0, 0.05) is 38.1 Å². The fourth-order valence-corrected chi connectivity index (χ4v) is 5.16. The van der Waals surface area contributed by atoms with E-state index in [2.05, 4.69) is 9.88 Å². The van der Waals surface area contributed by atoms with Crippen molar-refractivity contribution in [2.24, 2.45) is 0 Å². The predicted octanol–water partition coefficient (Wildman–Crippen LogP) is 5.18. The monoisotopic (exact) mass is 502 g/mol. The number of thioether (sulfide) groups is 1. The van der Waals surface area contributed by atoms with E-state index in [1.165, 1.54) is 19.1 Å². The minimum Gasteiger partial charge on any atom is -0.505 e. The van der Waals surface area contributed by atoms with Crippen molar-refractivity contribution in [1.82, 2.24) is 9.88 Å². The summed E-state index contributed by atoms with van der Waals surface area (Å²) in [5.41, 5.74) is 1.47. The molecule has 2 aromatic carbocycles. The van der Waals surface area contributed by atoms with Crippen LogP contribution >= 0.6 is 11.8 Å². The molecule has 188 valence electrons. The molecule has 1 N–H and O–H groups in total. The molecule has 7 nitrogen and oxygen atoms in total. The van der Waals surface area contributed by atoms with Gasteiger partial charge >= 0.3 is 0 Å². The number of ether oxygens (including phenoxy) is 2. The quantitative estimate of drug-likeness (QED) is 0.380. The Kier molecular flexibility index (Phi) is 8.18. The Hall–Kier alpha value is -2.78. The lowest BCUT2D eigenvalue weighted by molar-refractivity contribution is 0.100. The van der Waals surface area contributed by atoms with Crippen LogP contribution in [0.4, 0.5) is 4.39 Å². The van der Waals surface area contributed by atoms with Crippen molar-refractivity contribution in [2.75, 3.05) is 44.4 Å². The van der Waals surface area contributed by atoms with Gasteiger partial charge in [0.05, 0.1) is 6.61 Å². The number of carbonyl (C=O) groups is 1. The lowest BCUT2D eigenvalue weighted by atomic mass is 9.98. The summed E-state index contributed by atoms with van der Waals surface area (Å²) in [6.45, 7) is 8.41. The number of carbonyl (C=O) groups excluding carboxylic acids is 1. The number of ketones is 1. The van der Waals surface area contributed by atoms with Gasteiger partial charge in [0.1, 0.15) is 18.0 Å². The lowest BCUT2D eigenvalue weighted by Gasteiger charge is -2.26. The van der Waals surface area contributed by atoms with E-state index >= 15 is 0 Å². The predicted molar refractivity (Wildman–Crippen MR) is 135 cm³/mol. The molecule has 1 saturated heterocycles. The first-order valence-electron chi connectivity index (χ1n) is 11.8. The number of hydrogen-bond acceptors (Lipinski definition) is 8. The van der Waals surface area contributed by atoms with E-state index in [0.29, 0.717) is 32.1 Å². The summed E-state index contributed by atoms with van der Waals surface area (Å²) in [6, 6.07) is 6.42. The van der Waals surface area contributed by atoms with E-state index in [9.17, 15) is 14.3 Å². The zero-order chi connectivity index (χ0) is 24.9. The molecule has 1 fully saturated rings. The molecule has 0 radical (unpaired) electrons. The van der Waals surface area contributed by atoms with Gasteiger partial charge < -0.3 is 19.0 Å². The average molecular weight is 503 g/mol. The van der Waals surface area contributed by atoms with E-state index < -0.39 is 0 Å². The summed E-state index contributed by atoms with van der Waals surface area (Å²) in [5.74, 6) is 2.20. The number of aromatic nitrogens is 1. The van der Waals surface area contributed by atoms with Crippen LogP contribution < -0.4 is 9.47 Å². The molecule has 4 rings (SSSR count). The van der Waals surface area contributed by atoms with E-state index in [1.807, 2.05) is 18.7 Å². The third-order valence-corrected chi connectivity index (χ3v) is 7.12. The molecule has 1 aliphatic heterocycles. The number of aryl methyl sites for hydroxylation is 1. The second-order valence-corrected chi connectivity index (χ2v) is 9.97. The molecule has 3 aromatic rings. The molecular weight excluding hydrogens is 471 g/mol. The summed E-state index contributed by atoms with van der Waals surface area (Å²) in [7, 11) is 0. The van der Waals surface area contributed by atoms with Gasteiger partial charge in [0.2, 0.25) is 11.3 Å². The molecular formula is C26H31FN2O5S. The van der Waals surface area contributed by atoms with Gasteiger partial charge in [-0.15, -0.1) is 0 Å². The topological polar surface area (TPSA) is 85.0 Å². The number of nitrogens with zero attached hydrogens (tertiary/aromatic N) is 2. The molecule has 1 unspecified atom stereocenters. The maximum Gasteiger partial charge on any atom is 0.207 e. The van der Waals surface area contributed by atoms with Crippen molar-refractivity contribution in [1.29, 1.82) is 0 Å². The Morgan fingerprint density at radius 3 is 2.57 bits per heavy atom. The summed E-state index contributed by atoms with van der Waals surface area (Å²) < 4.78 is 31.3. The maximum atomic E-state index is 13.3. The van der Waals surface area contributed by atoms with Gasteiger partial charge in [-0.2, -0.15) is 11.8 Å². The summed E-state index contributed by atoms with van der Waals surface area (Å²) in [6.07, 6.45) is 0.640. The normalized spacial score (nSPS) is 15.3. The Morgan fingerprint density at radius 2 is 1.89 bits per heavy atom. The Balaban J connectivity index is 1.58. The fraction of sp³-hybridized carbons (Fsp3) is 0.462. The van der Waals surface area contributed by atoms with Crippen LogP contribution in [0.3, 0.4) is 0 Å². The standard InChI is InChI=1S/C26H31FN2O5S/c1-16(19-4-6-20(27)7-5-19)8-12-32-26-24(33-13-9-29-10-14-35-15-11-29)21(17(2)30)23(31)22-25(26)34-18(3)28-22/h4-7,16,31H,8-15H2,1-3H3. The van der Waals surface area contributed by atoms with Crippen LogP contribution in [0.25, 0.3) is 11.1 Å². The fourth-order valence-electron chi connectivity index (χ4n) is 4.18. The van der Waals surface area contributed by atoms with E-state index in [0.717, 1.165) is 30.2 Å². The molecule has 0 bridgehead atoms. The van der Waals surface area contributed by atoms with Crippen molar-refractivity contribution >= 4 is 28.6 Å². The number of rotatable bonds is 10. The summed E-state index contributed by atoms with van der Waals surface area (Å²) >= 11 is 1.94. The molecule has 0 amide bonds. The number of halogens is 1. The first-order valence-corrected chi connectivity index (χ1v) is 13.0. The second kappa shape index (κ2) is 11.3. The Bertz CT molecular complexity index is 1170. The largest absolute Gasteiger partial charge is 0.505 e. The number of oxazole rings is 1. The van der Waals surface area contributed by atoms with E-state index in [4.69, 9.17) is 13.9 Å². The van der Waals surface area contributed by atoms with Crippen LogP contribution in [0.2, 0.25) is 0 Å². The molecule has 1 aliphatic rings. The highest BCUT2D eigenvalue weighted by Gasteiger charge is 2.28. The van der Waals surface area contributed by atoms with Crippen LogP contribution in [0.15, 0.2) is 28.7 Å². The first kappa shape index (κ1) is 25.3. The molecule has 0 saturated carbocycles. The number of benzene rings is 2. The van der Waals surface area contributed by atoms with Crippen molar-refractivity contribution in [3.05, 3.63) is 47.1 Å². The zero-order valence-electron chi connectivity index (χ0n) is 20.3. The van der Waals surface area contributed by atoms with Gasteiger partial charge in [-0.25, -0.2) is 9.37 Å². The molecule has 1 aromatic heterocycles. The Morgan fingerprint density at radius 1 is 1.20 bits per heavy atom. The van der Waals surface area contributed by atoms with Crippen molar-refractivity contribution < 1.29 is 28.2 Å². The highest BCUT2D eigenvalue weighted by atomic mass is 32.2. The molecule has 1 atom stereocenters. The smallest absolute Gasteiger partial charge is 0.207 e. The van der Waals surface area contributed by atoms with Gasteiger partial charge in [-0.05, 0) is 37.0 Å². The highest BCUT2D eigenvalue weighted by molar-refractivity contribution is 7.99. The van der Waals surface area contributed by atoms with Crippen molar-refractivity contribution in [2.45, 2.75) is 33.1 Å². The molecule has 0 spiro atoms.